The normalized spacial score (nSPS) is 17.3. The van der Waals surface area contributed by atoms with Gasteiger partial charge in [0.25, 0.3) is 5.91 Å². The van der Waals surface area contributed by atoms with Crippen molar-refractivity contribution in [3.8, 4) is 0 Å². The fraction of sp³-hybridized carbons (Fsp3) is 0.235. The highest BCUT2D eigenvalue weighted by Crippen LogP contribution is 2.15. The summed E-state index contributed by atoms with van der Waals surface area (Å²) < 4.78 is 0.372. The number of nitrogens with zero attached hydrogens (tertiary/aromatic N) is 1. The lowest BCUT2D eigenvalue weighted by molar-refractivity contribution is -0.129. The van der Waals surface area contributed by atoms with Crippen LogP contribution < -0.4 is 5.32 Å². The lowest BCUT2D eigenvalue weighted by atomic mass is 10.2. The highest BCUT2D eigenvalue weighted by atomic mass is 32.1. The number of hydrogen-bond acceptors (Lipinski definition) is 3. The van der Waals surface area contributed by atoms with E-state index in [1.54, 1.807) is 23.2 Å². The summed E-state index contributed by atoms with van der Waals surface area (Å²) in [6.45, 7) is 1.21. The van der Waals surface area contributed by atoms with E-state index in [2.05, 4.69) is 10.3 Å². The predicted molar refractivity (Wildman–Crippen MR) is 89.4 cm³/mol. The Kier molecular flexibility index (Phi) is 4.52. The minimum absolute atomic E-state index is 0.0481. The number of hydrogen-bond donors (Lipinski definition) is 2. The molecule has 118 valence electrons. The molecule has 1 atom stereocenters. The molecule has 2 N–H and O–H groups in total. The third-order valence-corrected chi connectivity index (χ3v) is 4.22. The summed E-state index contributed by atoms with van der Waals surface area (Å²) in [5.74, 6) is -0.361. The molecule has 5 nitrogen and oxygen atoms in total. The molecule has 0 spiro atoms. The Balaban J connectivity index is 1.64. The van der Waals surface area contributed by atoms with Crippen molar-refractivity contribution in [2.24, 2.45) is 0 Å². The first-order valence-electron chi connectivity index (χ1n) is 7.46. The minimum atomic E-state index is -0.485. The molecule has 23 heavy (non-hydrogen) atoms. The van der Waals surface area contributed by atoms with Crippen molar-refractivity contribution >= 4 is 24.0 Å². The van der Waals surface area contributed by atoms with Crippen molar-refractivity contribution in [1.82, 2.24) is 15.2 Å². The highest BCUT2D eigenvalue weighted by Gasteiger charge is 2.32. The Labute approximate surface area is 139 Å². The van der Waals surface area contributed by atoms with Gasteiger partial charge in [0, 0.05) is 19.3 Å². The molecule has 0 saturated carbocycles. The largest absolute Gasteiger partial charge is 0.352 e. The number of aromatic nitrogens is 1. The number of benzene rings is 1. The van der Waals surface area contributed by atoms with Gasteiger partial charge in [-0.05, 0) is 24.1 Å². The first-order valence-corrected chi connectivity index (χ1v) is 7.87. The van der Waals surface area contributed by atoms with Gasteiger partial charge in [-0.25, -0.2) is 0 Å². The summed E-state index contributed by atoms with van der Waals surface area (Å²) in [5.41, 5.74) is 1.47. The van der Waals surface area contributed by atoms with Crippen molar-refractivity contribution in [3.05, 3.63) is 64.4 Å². The van der Waals surface area contributed by atoms with Crippen LogP contribution in [0.2, 0.25) is 0 Å². The Morgan fingerprint density at radius 1 is 1.26 bits per heavy atom. The number of pyridine rings is 1. The van der Waals surface area contributed by atoms with Gasteiger partial charge < -0.3 is 15.2 Å². The quantitative estimate of drug-likeness (QED) is 0.847. The molecular formula is C17H17N3O2S. The average molecular weight is 327 g/mol. The van der Waals surface area contributed by atoms with Crippen LogP contribution in [0.1, 0.15) is 22.3 Å². The van der Waals surface area contributed by atoms with Gasteiger partial charge in [-0.3, -0.25) is 9.59 Å². The molecular weight excluding hydrogens is 310 g/mol. The number of amides is 2. The molecule has 2 aromatic rings. The van der Waals surface area contributed by atoms with Crippen LogP contribution in [-0.4, -0.2) is 34.3 Å². The summed E-state index contributed by atoms with van der Waals surface area (Å²) in [6.07, 6.45) is 2.28. The maximum Gasteiger partial charge on any atom is 0.254 e. The van der Waals surface area contributed by atoms with Gasteiger partial charge in [-0.2, -0.15) is 0 Å². The molecule has 1 unspecified atom stereocenters. The molecule has 1 aliphatic rings. The fourth-order valence-electron chi connectivity index (χ4n) is 2.67. The van der Waals surface area contributed by atoms with Crippen molar-refractivity contribution in [2.45, 2.75) is 19.0 Å². The minimum Gasteiger partial charge on any atom is -0.352 e. The van der Waals surface area contributed by atoms with E-state index in [1.165, 1.54) is 0 Å². The second-order valence-electron chi connectivity index (χ2n) is 5.47. The third-order valence-electron chi connectivity index (χ3n) is 3.88. The predicted octanol–water partition coefficient (Wildman–Crippen LogP) is 2.28. The fourth-order valence-corrected chi connectivity index (χ4v) is 2.90. The van der Waals surface area contributed by atoms with Gasteiger partial charge in [0.15, 0.2) is 0 Å². The van der Waals surface area contributed by atoms with E-state index in [9.17, 15) is 9.59 Å². The standard InChI is InChI=1S/C17H17N3O2S/c21-15(13-7-4-9-18-16(13)23)19-14-8-10-20(17(14)22)11-12-5-2-1-3-6-12/h1-7,9,14H,8,10-11H2,(H,18,23)(H,19,21). The van der Waals surface area contributed by atoms with E-state index in [-0.39, 0.29) is 11.8 Å². The Hall–Kier alpha value is -2.47. The molecule has 2 heterocycles. The number of likely N-dealkylation sites (tertiary alicyclic amines) is 1. The smallest absolute Gasteiger partial charge is 0.254 e. The summed E-state index contributed by atoms with van der Waals surface area (Å²) in [7, 11) is 0. The molecule has 2 amide bonds. The molecule has 0 aliphatic carbocycles. The summed E-state index contributed by atoms with van der Waals surface area (Å²) in [5, 5.41) is 2.78. The van der Waals surface area contributed by atoms with Crippen LogP contribution in [0.25, 0.3) is 0 Å². The number of carbonyl (C=O) groups excluding carboxylic acids is 2. The molecule has 1 aliphatic heterocycles. The van der Waals surface area contributed by atoms with E-state index in [1.807, 2.05) is 30.3 Å². The van der Waals surface area contributed by atoms with Crippen LogP contribution in [0.15, 0.2) is 48.7 Å². The van der Waals surface area contributed by atoms with Gasteiger partial charge in [0.2, 0.25) is 5.91 Å². The van der Waals surface area contributed by atoms with E-state index in [0.717, 1.165) is 5.56 Å². The van der Waals surface area contributed by atoms with Gasteiger partial charge in [0.1, 0.15) is 10.7 Å². The molecule has 1 aromatic carbocycles. The van der Waals surface area contributed by atoms with Gasteiger partial charge in [-0.1, -0.05) is 42.5 Å². The van der Waals surface area contributed by atoms with E-state index < -0.39 is 6.04 Å². The zero-order chi connectivity index (χ0) is 16.2. The zero-order valence-corrected chi connectivity index (χ0v) is 13.3. The monoisotopic (exact) mass is 327 g/mol. The first-order chi connectivity index (χ1) is 11.1. The van der Waals surface area contributed by atoms with Crippen LogP contribution in [0, 0.1) is 4.64 Å². The molecule has 3 rings (SSSR count). The maximum atomic E-state index is 12.4. The molecule has 1 aromatic heterocycles. The van der Waals surface area contributed by atoms with E-state index >= 15 is 0 Å². The van der Waals surface area contributed by atoms with Crippen LogP contribution in [0.4, 0.5) is 0 Å². The van der Waals surface area contributed by atoms with Gasteiger partial charge in [-0.15, -0.1) is 0 Å². The highest BCUT2D eigenvalue weighted by molar-refractivity contribution is 7.71. The van der Waals surface area contributed by atoms with Gasteiger partial charge >= 0.3 is 0 Å². The molecule has 0 radical (unpaired) electrons. The third kappa shape index (κ3) is 3.48. The van der Waals surface area contributed by atoms with Gasteiger partial charge in [0.05, 0.1) is 5.56 Å². The number of nitrogens with one attached hydrogen (secondary N) is 2. The van der Waals surface area contributed by atoms with Crippen LogP contribution in [0.3, 0.4) is 0 Å². The topological polar surface area (TPSA) is 65.2 Å². The Morgan fingerprint density at radius 3 is 2.78 bits per heavy atom. The van der Waals surface area contributed by atoms with Crippen molar-refractivity contribution < 1.29 is 9.59 Å². The van der Waals surface area contributed by atoms with Crippen molar-refractivity contribution in [3.63, 3.8) is 0 Å². The molecule has 6 heteroatoms. The van der Waals surface area contributed by atoms with Crippen LogP contribution in [-0.2, 0) is 11.3 Å². The van der Waals surface area contributed by atoms with Crippen LogP contribution in [0.5, 0.6) is 0 Å². The Bertz CT molecular complexity index is 773. The number of rotatable bonds is 4. The Morgan fingerprint density at radius 2 is 2.04 bits per heavy atom. The molecule has 1 saturated heterocycles. The maximum absolute atomic E-state index is 12.4. The summed E-state index contributed by atoms with van der Waals surface area (Å²) in [6, 6.07) is 12.7. The SMILES string of the molecule is O=C(NC1CCN(Cc2ccccc2)C1=O)c1ccc[nH]c1=S. The number of H-pyrrole nitrogens is 1. The average Bonchev–Trinajstić information content (AvgIpc) is 2.89. The van der Waals surface area contributed by atoms with Crippen molar-refractivity contribution in [2.75, 3.05) is 6.54 Å². The lowest BCUT2D eigenvalue weighted by Gasteiger charge is -2.17. The van der Waals surface area contributed by atoms with Crippen molar-refractivity contribution in [1.29, 1.82) is 0 Å². The summed E-state index contributed by atoms with van der Waals surface area (Å²) >= 11 is 5.10. The van der Waals surface area contributed by atoms with E-state index in [0.29, 0.717) is 29.7 Å². The lowest BCUT2D eigenvalue weighted by Crippen LogP contribution is -2.41. The molecule has 0 bridgehead atoms. The van der Waals surface area contributed by atoms with E-state index in [4.69, 9.17) is 12.2 Å². The molecule has 1 fully saturated rings. The van der Waals surface area contributed by atoms with Crippen LogP contribution >= 0.6 is 12.2 Å². The second kappa shape index (κ2) is 6.75. The number of aromatic amines is 1. The zero-order valence-electron chi connectivity index (χ0n) is 12.5. The first kappa shape index (κ1) is 15.4. The number of carbonyl (C=O) groups is 2. The second-order valence-corrected chi connectivity index (χ2v) is 5.88. The summed E-state index contributed by atoms with van der Waals surface area (Å²) in [4.78, 5) is 29.3.